The first-order valence-electron chi connectivity index (χ1n) is 7.97. The molecule has 0 aromatic heterocycles. The Balaban J connectivity index is 1.71. The van der Waals surface area contributed by atoms with Crippen molar-refractivity contribution in [3.05, 3.63) is 0 Å². The number of hydrogen-bond acceptors (Lipinski definition) is 5. The quantitative estimate of drug-likeness (QED) is 0.587. The van der Waals surface area contributed by atoms with Gasteiger partial charge in [-0.05, 0) is 32.6 Å². The van der Waals surface area contributed by atoms with Crippen molar-refractivity contribution in [1.29, 1.82) is 0 Å². The zero-order valence-electron chi connectivity index (χ0n) is 13.0. The highest BCUT2D eigenvalue weighted by Gasteiger charge is 2.31. The summed E-state index contributed by atoms with van der Waals surface area (Å²) in [6.45, 7) is 4.06. The molecule has 0 saturated carbocycles. The van der Waals surface area contributed by atoms with Gasteiger partial charge in [0.05, 0.1) is 18.6 Å². The lowest BCUT2D eigenvalue weighted by Crippen LogP contribution is -2.48. The molecule has 0 aliphatic carbocycles. The summed E-state index contributed by atoms with van der Waals surface area (Å²) in [5, 5.41) is 2.63. The molecule has 0 aromatic rings. The van der Waals surface area contributed by atoms with Gasteiger partial charge in [-0.3, -0.25) is 14.4 Å². The number of nitrogens with one attached hydrogen (secondary N) is 1. The van der Waals surface area contributed by atoms with Crippen LogP contribution in [0.15, 0.2) is 0 Å². The average Bonchev–Trinajstić information content (AvgIpc) is 3.05. The molecular weight excluding hydrogens is 288 g/mol. The number of likely N-dealkylation sites (tertiary alicyclic amines) is 1. The van der Waals surface area contributed by atoms with Gasteiger partial charge in [0.2, 0.25) is 0 Å². The summed E-state index contributed by atoms with van der Waals surface area (Å²) in [6.07, 6.45) is 3.02. The van der Waals surface area contributed by atoms with Gasteiger partial charge in [-0.25, -0.2) is 0 Å². The molecule has 22 heavy (non-hydrogen) atoms. The molecule has 1 atom stereocenters. The van der Waals surface area contributed by atoms with Crippen molar-refractivity contribution >= 4 is 17.8 Å². The van der Waals surface area contributed by atoms with E-state index in [-0.39, 0.29) is 18.0 Å². The third-order valence-corrected chi connectivity index (χ3v) is 4.11. The maximum atomic E-state index is 12.1. The van der Waals surface area contributed by atoms with Crippen molar-refractivity contribution in [2.45, 2.75) is 38.7 Å². The van der Waals surface area contributed by atoms with E-state index < -0.39 is 11.8 Å². The number of carbonyl (C=O) groups excluding carboxylic acids is 3. The third kappa shape index (κ3) is 4.43. The highest BCUT2D eigenvalue weighted by molar-refractivity contribution is 6.35. The molecule has 0 aromatic carbocycles. The first-order chi connectivity index (χ1) is 10.6. The van der Waals surface area contributed by atoms with Crippen LogP contribution in [0.3, 0.4) is 0 Å². The Labute approximate surface area is 130 Å². The number of esters is 1. The van der Waals surface area contributed by atoms with Crippen molar-refractivity contribution in [3.8, 4) is 0 Å². The summed E-state index contributed by atoms with van der Waals surface area (Å²) >= 11 is 0. The molecule has 124 valence electrons. The van der Waals surface area contributed by atoms with Crippen LogP contribution in [0, 0.1) is 5.92 Å². The van der Waals surface area contributed by atoms with Gasteiger partial charge in [0.15, 0.2) is 0 Å². The van der Waals surface area contributed by atoms with Gasteiger partial charge >= 0.3 is 17.8 Å². The molecule has 1 unspecified atom stereocenters. The highest BCUT2D eigenvalue weighted by atomic mass is 16.5. The van der Waals surface area contributed by atoms with E-state index in [1.807, 2.05) is 0 Å². The number of piperidine rings is 1. The van der Waals surface area contributed by atoms with Crippen molar-refractivity contribution in [1.82, 2.24) is 10.2 Å². The molecule has 2 aliphatic rings. The van der Waals surface area contributed by atoms with Gasteiger partial charge in [-0.2, -0.15) is 0 Å². The molecule has 7 nitrogen and oxygen atoms in total. The molecule has 2 rings (SSSR count). The van der Waals surface area contributed by atoms with E-state index in [1.165, 1.54) is 4.90 Å². The first-order valence-corrected chi connectivity index (χ1v) is 7.97. The fraction of sp³-hybridized carbons (Fsp3) is 0.800. The largest absolute Gasteiger partial charge is 0.466 e. The maximum Gasteiger partial charge on any atom is 0.311 e. The summed E-state index contributed by atoms with van der Waals surface area (Å²) < 4.78 is 10.4. The van der Waals surface area contributed by atoms with Crippen molar-refractivity contribution in [3.63, 3.8) is 0 Å². The van der Waals surface area contributed by atoms with E-state index in [2.05, 4.69) is 5.32 Å². The van der Waals surface area contributed by atoms with Crippen LogP contribution in [0.25, 0.3) is 0 Å². The summed E-state index contributed by atoms with van der Waals surface area (Å²) in [6, 6.07) is 0. The highest BCUT2D eigenvalue weighted by Crippen LogP contribution is 2.18. The Hall–Kier alpha value is -1.63. The van der Waals surface area contributed by atoms with Gasteiger partial charge in [0, 0.05) is 26.2 Å². The van der Waals surface area contributed by atoms with Gasteiger partial charge < -0.3 is 19.7 Å². The lowest BCUT2D eigenvalue weighted by atomic mass is 9.97. The van der Waals surface area contributed by atoms with E-state index in [4.69, 9.17) is 9.47 Å². The second kappa shape index (κ2) is 8.12. The normalized spacial score (nSPS) is 22.4. The van der Waals surface area contributed by atoms with E-state index in [0.717, 1.165) is 19.4 Å². The SMILES string of the molecule is CCOC(=O)C1CCN(C(=O)C(=O)NCC2CCCO2)CC1. The van der Waals surface area contributed by atoms with Gasteiger partial charge in [0.25, 0.3) is 0 Å². The molecule has 2 amide bonds. The van der Waals surface area contributed by atoms with Gasteiger partial charge in [-0.15, -0.1) is 0 Å². The zero-order chi connectivity index (χ0) is 15.9. The third-order valence-electron chi connectivity index (χ3n) is 4.11. The van der Waals surface area contributed by atoms with Crippen LogP contribution in [-0.2, 0) is 23.9 Å². The molecule has 2 heterocycles. The van der Waals surface area contributed by atoms with Crippen molar-refractivity contribution < 1.29 is 23.9 Å². The average molecular weight is 312 g/mol. The predicted molar refractivity (Wildman–Crippen MR) is 77.9 cm³/mol. The summed E-state index contributed by atoms with van der Waals surface area (Å²) in [7, 11) is 0. The van der Waals surface area contributed by atoms with E-state index >= 15 is 0 Å². The summed E-state index contributed by atoms with van der Waals surface area (Å²) in [5.74, 6) is -1.50. The Morgan fingerprint density at radius 2 is 1.95 bits per heavy atom. The molecular formula is C15H24N2O5. The molecule has 2 fully saturated rings. The Bertz CT molecular complexity index is 412. The van der Waals surface area contributed by atoms with Crippen LogP contribution in [0.2, 0.25) is 0 Å². The fourth-order valence-corrected chi connectivity index (χ4v) is 2.81. The molecule has 0 radical (unpaired) electrons. The van der Waals surface area contributed by atoms with Crippen LogP contribution < -0.4 is 5.32 Å². The first kappa shape index (κ1) is 16.7. The Kier molecular flexibility index (Phi) is 6.18. The number of hydrogen-bond donors (Lipinski definition) is 1. The maximum absolute atomic E-state index is 12.1. The second-order valence-corrected chi connectivity index (χ2v) is 5.66. The number of nitrogens with zero attached hydrogens (tertiary/aromatic N) is 1. The molecule has 7 heteroatoms. The smallest absolute Gasteiger partial charge is 0.311 e. The van der Waals surface area contributed by atoms with Crippen molar-refractivity contribution in [2.24, 2.45) is 5.92 Å². The number of amides is 2. The van der Waals surface area contributed by atoms with Crippen LogP contribution in [-0.4, -0.2) is 61.6 Å². The molecule has 2 aliphatic heterocycles. The van der Waals surface area contributed by atoms with Crippen LogP contribution >= 0.6 is 0 Å². The lowest BCUT2D eigenvalue weighted by Gasteiger charge is -2.30. The minimum atomic E-state index is -0.593. The van der Waals surface area contributed by atoms with E-state index in [1.54, 1.807) is 6.92 Å². The predicted octanol–water partition coefficient (Wildman–Crippen LogP) is 0.0833. The number of rotatable bonds is 4. The van der Waals surface area contributed by atoms with E-state index in [0.29, 0.717) is 39.1 Å². The zero-order valence-corrected chi connectivity index (χ0v) is 13.0. The van der Waals surface area contributed by atoms with Crippen LogP contribution in [0.4, 0.5) is 0 Å². The Morgan fingerprint density at radius 3 is 2.55 bits per heavy atom. The Morgan fingerprint density at radius 1 is 1.23 bits per heavy atom. The molecule has 0 bridgehead atoms. The monoisotopic (exact) mass is 312 g/mol. The number of carbonyl (C=O) groups is 3. The van der Waals surface area contributed by atoms with Gasteiger partial charge in [-0.1, -0.05) is 0 Å². The standard InChI is InChI=1S/C15H24N2O5/c1-2-21-15(20)11-5-7-17(8-6-11)14(19)13(18)16-10-12-4-3-9-22-12/h11-12H,2-10H2,1H3,(H,16,18). The summed E-state index contributed by atoms with van der Waals surface area (Å²) in [5.41, 5.74) is 0. The van der Waals surface area contributed by atoms with Crippen molar-refractivity contribution in [2.75, 3.05) is 32.8 Å². The second-order valence-electron chi connectivity index (χ2n) is 5.66. The van der Waals surface area contributed by atoms with Crippen LogP contribution in [0.5, 0.6) is 0 Å². The minimum absolute atomic E-state index is 0.0197. The van der Waals surface area contributed by atoms with Gasteiger partial charge in [0.1, 0.15) is 0 Å². The van der Waals surface area contributed by atoms with E-state index in [9.17, 15) is 14.4 Å². The lowest BCUT2D eigenvalue weighted by molar-refractivity contribution is -0.152. The topological polar surface area (TPSA) is 84.9 Å². The molecule has 2 saturated heterocycles. The minimum Gasteiger partial charge on any atom is -0.466 e. The van der Waals surface area contributed by atoms with Crippen LogP contribution in [0.1, 0.15) is 32.6 Å². The summed E-state index contributed by atoms with van der Waals surface area (Å²) in [4.78, 5) is 37.1. The number of ether oxygens (including phenoxy) is 2. The molecule has 1 N–H and O–H groups in total. The fourth-order valence-electron chi connectivity index (χ4n) is 2.81. The molecule has 0 spiro atoms.